The summed E-state index contributed by atoms with van der Waals surface area (Å²) >= 11 is 1.52. The summed E-state index contributed by atoms with van der Waals surface area (Å²) in [5.41, 5.74) is 1.59. The summed E-state index contributed by atoms with van der Waals surface area (Å²) < 4.78 is 34.0. The second kappa shape index (κ2) is 11.1. The fraction of sp³-hybridized carbons (Fsp3) is 0.481. The number of rotatable bonds is 7. The van der Waals surface area contributed by atoms with E-state index in [1.54, 1.807) is 24.3 Å². The zero-order valence-electron chi connectivity index (χ0n) is 21.3. The molecule has 0 radical (unpaired) electrons. The summed E-state index contributed by atoms with van der Waals surface area (Å²) in [6.45, 7) is 6.01. The molecule has 2 aromatic carbocycles. The number of para-hydroxylation sites is 1. The van der Waals surface area contributed by atoms with Gasteiger partial charge in [-0.2, -0.15) is 4.31 Å². The smallest absolute Gasteiger partial charge is 0.243 e. The predicted octanol–water partition coefficient (Wildman–Crippen LogP) is 4.40. The van der Waals surface area contributed by atoms with Crippen molar-refractivity contribution in [3.8, 4) is 0 Å². The van der Waals surface area contributed by atoms with Crippen molar-refractivity contribution in [3.63, 3.8) is 0 Å². The van der Waals surface area contributed by atoms with Gasteiger partial charge < -0.3 is 15.0 Å². The maximum atomic E-state index is 13.3. The number of carbonyl (C=O) groups excluding carboxylic acids is 1. The van der Waals surface area contributed by atoms with Gasteiger partial charge in [0.1, 0.15) is 6.54 Å². The summed E-state index contributed by atoms with van der Waals surface area (Å²) in [4.78, 5) is 20.2. The first kappa shape index (κ1) is 26.1. The second-order valence-electron chi connectivity index (χ2n) is 10.0. The molecule has 3 atom stereocenters. The predicted molar refractivity (Wildman–Crippen MR) is 147 cm³/mol. The van der Waals surface area contributed by atoms with Crippen LogP contribution in [0.3, 0.4) is 0 Å². The highest BCUT2D eigenvalue weighted by Gasteiger charge is 2.30. The fourth-order valence-electron chi connectivity index (χ4n) is 5.32. The molecule has 198 valence electrons. The monoisotopic (exact) mass is 542 g/mol. The molecule has 1 aliphatic carbocycles. The van der Waals surface area contributed by atoms with Crippen molar-refractivity contribution in [2.75, 3.05) is 37.7 Å². The molecular weight excluding hydrogens is 508 g/mol. The maximum absolute atomic E-state index is 13.3. The van der Waals surface area contributed by atoms with E-state index in [9.17, 15) is 13.2 Å². The minimum atomic E-state index is -3.60. The van der Waals surface area contributed by atoms with Crippen LogP contribution >= 0.6 is 11.3 Å². The third-order valence-corrected chi connectivity index (χ3v) is 10.4. The number of carbonyl (C=O) groups is 1. The lowest BCUT2D eigenvalue weighted by Gasteiger charge is -2.35. The van der Waals surface area contributed by atoms with Gasteiger partial charge in [-0.1, -0.05) is 43.7 Å². The number of benzene rings is 2. The molecule has 0 bridgehead atoms. The Morgan fingerprint density at radius 1 is 1.08 bits per heavy atom. The highest BCUT2D eigenvalue weighted by Crippen LogP contribution is 2.34. The number of fused-ring (bicyclic) bond motifs is 1. The van der Waals surface area contributed by atoms with E-state index in [0.717, 1.165) is 28.7 Å². The largest absolute Gasteiger partial charge is 0.379 e. The molecule has 1 saturated heterocycles. The highest BCUT2D eigenvalue weighted by atomic mass is 32.2. The highest BCUT2D eigenvalue weighted by molar-refractivity contribution is 7.89. The van der Waals surface area contributed by atoms with E-state index in [0.29, 0.717) is 43.3 Å². The molecular formula is C27H34N4O4S2. The number of sulfonamides is 1. The van der Waals surface area contributed by atoms with Gasteiger partial charge in [0.05, 0.1) is 28.3 Å². The van der Waals surface area contributed by atoms with E-state index in [1.165, 1.54) is 22.1 Å². The maximum Gasteiger partial charge on any atom is 0.243 e. The zero-order chi connectivity index (χ0) is 26.0. The van der Waals surface area contributed by atoms with Crippen molar-refractivity contribution in [2.45, 2.75) is 44.0 Å². The number of thiazole rings is 1. The fourth-order valence-corrected chi connectivity index (χ4v) is 7.71. The Kier molecular flexibility index (Phi) is 7.80. The zero-order valence-corrected chi connectivity index (χ0v) is 22.9. The molecule has 1 aliphatic heterocycles. The molecule has 1 unspecified atom stereocenters. The Hall–Kier alpha value is -2.53. The van der Waals surface area contributed by atoms with Crippen molar-refractivity contribution < 1.29 is 17.9 Å². The van der Waals surface area contributed by atoms with Crippen LogP contribution in [0.1, 0.15) is 33.1 Å². The SMILES string of the molecule is C[C@@H]1CCC[C@H](C)C1NC(=O)CN(c1ccc(S(=O)(=O)N2CCOCC2)cc1)c1nc2ccccc2s1. The van der Waals surface area contributed by atoms with Gasteiger partial charge in [-0.15, -0.1) is 0 Å². The number of nitrogens with zero attached hydrogens (tertiary/aromatic N) is 3. The number of amides is 1. The van der Waals surface area contributed by atoms with Crippen molar-refractivity contribution in [1.82, 2.24) is 14.6 Å². The first-order chi connectivity index (χ1) is 17.8. The second-order valence-corrected chi connectivity index (χ2v) is 13.0. The van der Waals surface area contributed by atoms with Crippen LogP contribution in [0.25, 0.3) is 10.2 Å². The molecule has 8 nitrogen and oxygen atoms in total. The molecule has 1 saturated carbocycles. The standard InChI is InChI=1S/C27H34N4O4S2/c1-19-6-5-7-20(2)26(19)29-25(32)18-31(27-28-23-8-3-4-9-24(23)36-27)21-10-12-22(13-11-21)37(33,34)30-14-16-35-17-15-30/h3-4,8-13,19-20,26H,5-7,14-18H2,1-2H3,(H,29,32)/t19-,20+,26?. The molecule has 0 spiro atoms. The van der Waals surface area contributed by atoms with Gasteiger partial charge in [0, 0.05) is 24.8 Å². The number of aromatic nitrogens is 1. The summed E-state index contributed by atoms with van der Waals surface area (Å²) in [5, 5.41) is 3.98. The Morgan fingerprint density at radius 2 is 1.76 bits per heavy atom. The van der Waals surface area contributed by atoms with Crippen molar-refractivity contribution in [3.05, 3.63) is 48.5 Å². The Balaban J connectivity index is 1.42. The third kappa shape index (κ3) is 5.67. The average Bonchev–Trinajstić information content (AvgIpc) is 3.34. The van der Waals surface area contributed by atoms with Gasteiger partial charge in [0.15, 0.2) is 5.13 Å². The van der Waals surface area contributed by atoms with Gasteiger partial charge >= 0.3 is 0 Å². The van der Waals surface area contributed by atoms with E-state index >= 15 is 0 Å². The van der Waals surface area contributed by atoms with Crippen LogP contribution in [0.4, 0.5) is 10.8 Å². The Labute approximate surface area is 222 Å². The van der Waals surface area contributed by atoms with Gasteiger partial charge in [0.25, 0.3) is 0 Å². The van der Waals surface area contributed by atoms with E-state index in [1.807, 2.05) is 29.2 Å². The summed E-state index contributed by atoms with van der Waals surface area (Å²) in [6, 6.07) is 14.8. The number of anilines is 2. The number of hydrogen-bond donors (Lipinski definition) is 1. The average molecular weight is 543 g/mol. The molecule has 37 heavy (non-hydrogen) atoms. The quantitative estimate of drug-likeness (QED) is 0.476. The van der Waals surface area contributed by atoms with Gasteiger partial charge in [-0.3, -0.25) is 4.79 Å². The number of morpholine rings is 1. The molecule has 2 heterocycles. The van der Waals surface area contributed by atoms with Crippen LogP contribution in [0.2, 0.25) is 0 Å². The minimum Gasteiger partial charge on any atom is -0.379 e. The molecule has 1 aromatic heterocycles. The normalized spacial score (nSPS) is 23.1. The number of nitrogens with one attached hydrogen (secondary N) is 1. The summed E-state index contributed by atoms with van der Waals surface area (Å²) in [7, 11) is -3.60. The van der Waals surface area contributed by atoms with Crippen molar-refractivity contribution in [2.24, 2.45) is 11.8 Å². The molecule has 2 aliphatic rings. The van der Waals surface area contributed by atoms with Crippen LogP contribution in [0.15, 0.2) is 53.4 Å². The van der Waals surface area contributed by atoms with Gasteiger partial charge in [0.2, 0.25) is 15.9 Å². The van der Waals surface area contributed by atoms with E-state index in [4.69, 9.17) is 9.72 Å². The molecule has 5 rings (SSSR count). The van der Waals surface area contributed by atoms with E-state index in [-0.39, 0.29) is 23.4 Å². The Bertz CT molecular complexity index is 1290. The lowest BCUT2D eigenvalue weighted by Crippen LogP contribution is -2.48. The molecule has 1 amide bonds. The van der Waals surface area contributed by atoms with Gasteiger partial charge in [-0.05, 0) is 61.1 Å². The lowest BCUT2D eigenvalue weighted by atomic mass is 9.79. The van der Waals surface area contributed by atoms with Crippen LogP contribution in [0.5, 0.6) is 0 Å². The molecule has 2 fully saturated rings. The van der Waals surface area contributed by atoms with Crippen LogP contribution in [-0.2, 0) is 19.6 Å². The summed E-state index contributed by atoms with van der Waals surface area (Å²) in [6.07, 6.45) is 3.44. The first-order valence-electron chi connectivity index (χ1n) is 12.9. The van der Waals surface area contributed by atoms with Crippen molar-refractivity contribution in [1.29, 1.82) is 0 Å². The third-order valence-electron chi connectivity index (χ3n) is 7.44. The molecule has 10 heteroatoms. The van der Waals surface area contributed by atoms with E-state index < -0.39 is 10.0 Å². The number of hydrogen-bond acceptors (Lipinski definition) is 7. The van der Waals surface area contributed by atoms with Gasteiger partial charge in [-0.25, -0.2) is 13.4 Å². The minimum absolute atomic E-state index is 0.0603. The van der Waals surface area contributed by atoms with Crippen LogP contribution < -0.4 is 10.2 Å². The van der Waals surface area contributed by atoms with Crippen LogP contribution in [0, 0.1) is 11.8 Å². The molecule has 3 aromatic rings. The lowest BCUT2D eigenvalue weighted by molar-refractivity contribution is -0.121. The summed E-state index contributed by atoms with van der Waals surface area (Å²) in [5.74, 6) is 0.816. The topological polar surface area (TPSA) is 91.8 Å². The number of ether oxygens (including phenoxy) is 1. The Morgan fingerprint density at radius 3 is 2.43 bits per heavy atom. The van der Waals surface area contributed by atoms with Crippen LogP contribution in [-0.4, -0.2) is 62.5 Å². The first-order valence-corrected chi connectivity index (χ1v) is 15.2. The van der Waals surface area contributed by atoms with E-state index in [2.05, 4.69) is 19.2 Å². The van der Waals surface area contributed by atoms with Crippen molar-refractivity contribution >= 4 is 48.3 Å². The molecule has 1 N–H and O–H groups in total.